The Balaban J connectivity index is 1.93. The van der Waals surface area contributed by atoms with Gasteiger partial charge >= 0.3 is 5.97 Å². The predicted molar refractivity (Wildman–Crippen MR) is 95.2 cm³/mol. The Labute approximate surface area is 152 Å². The van der Waals surface area contributed by atoms with Crippen molar-refractivity contribution >= 4 is 11.9 Å². The summed E-state index contributed by atoms with van der Waals surface area (Å²) in [5.41, 5.74) is 1.27. The van der Waals surface area contributed by atoms with E-state index in [9.17, 15) is 14.7 Å². The molecule has 26 heavy (non-hydrogen) atoms. The first-order valence-electron chi connectivity index (χ1n) is 8.23. The summed E-state index contributed by atoms with van der Waals surface area (Å²) >= 11 is 0. The van der Waals surface area contributed by atoms with Gasteiger partial charge in [-0.05, 0) is 18.1 Å². The molecule has 0 aliphatic heterocycles. The van der Waals surface area contributed by atoms with E-state index < -0.39 is 11.9 Å². The molecule has 1 aromatic carbocycles. The van der Waals surface area contributed by atoms with Gasteiger partial charge in [-0.3, -0.25) is 9.59 Å². The molecule has 2 aromatic rings. The van der Waals surface area contributed by atoms with E-state index in [2.05, 4.69) is 10.3 Å². The lowest BCUT2D eigenvalue weighted by Crippen LogP contribution is -2.34. The summed E-state index contributed by atoms with van der Waals surface area (Å²) in [6.07, 6.45) is 1.81. The lowest BCUT2D eigenvalue weighted by molar-refractivity contribution is -0.141. The second-order valence-corrected chi connectivity index (χ2v) is 5.66. The van der Waals surface area contributed by atoms with Crippen LogP contribution in [0.15, 0.2) is 48.7 Å². The van der Waals surface area contributed by atoms with Gasteiger partial charge in [-0.25, -0.2) is 4.98 Å². The van der Waals surface area contributed by atoms with Crippen molar-refractivity contribution in [2.75, 3.05) is 26.9 Å². The van der Waals surface area contributed by atoms with E-state index in [4.69, 9.17) is 9.47 Å². The van der Waals surface area contributed by atoms with Crippen molar-refractivity contribution in [3.05, 3.63) is 59.8 Å². The van der Waals surface area contributed by atoms with Crippen LogP contribution in [0.1, 0.15) is 15.9 Å². The van der Waals surface area contributed by atoms with E-state index in [1.807, 2.05) is 30.3 Å². The van der Waals surface area contributed by atoms with Crippen LogP contribution in [0.5, 0.6) is 5.88 Å². The van der Waals surface area contributed by atoms with Crippen molar-refractivity contribution in [2.24, 2.45) is 5.92 Å². The number of nitrogens with zero attached hydrogens (tertiary/aromatic N) is 1. The third-order valence-corrected chi connectivity index (χ3v) is 3.72. The van der Waals surface area contributed by atoms with Crippen LogP contribution in [0.25, 0.3) is 0 Å². The maximum absolute atomic E-state index is 12.3. The SMILES string of the molecule is COCCOc1cc(C(=O)NCC(Cc2ccccc2)C(=O)O)ccn1. The van der Waals surface area contributed by atoms with Crippen LogP contribution < -0.4 is 10.1 Å². The maximum atomic E-state index is 12.3. The summed E-state index contributed by atoms with van der Waals surface area (Å²) < 4.78 is 10.3. The standard InChI is InChI=1S/C19H22N2O5/c1-25-9-10-26-17-12-15(7-8-20-17)18(22)21-13-16(19(23)24)11-14-5-3-2-4-6-14/h2-8,12,16H,9-11,13H2,1H3,(H,21,22)(H,23,24). The van der Waals surface area contributed by atoms with E-state index in [0.717, 1.165) is 5.56 Å². The van der Waals surface area contributed by atoms with Gasteiger partial charge in [0.15, 0.2) is 0 Å². The Kier molecular flexibility index (Phi) is 7.57. The fourth-order valence-electron chi connectivity index (χ4n) is 2.32. The number of carboxylic acids is 1. The van der Waals surface area contributed by atoms with E-state index in [1.165, 1.54) is 12.3 Å². The van der Waals surface area contributed by atoms with Crippen LogP contribution in [-0.4, -0.2) is 48.8 Å². The summed E-state index contributed by atoms with van der Waals surface area (Å²) in [6.45, 7) is 0.774. The zero-order valence-corrected chi connectivity index (χ0v) is 14.6. The Hall–Kier alpha value is -2.93. The third-order valence-electron chi connectivity index (χ3n) is 3.72. The first-order chi connectivity index (χ1) is 12.6. The van der Waals surface area contributed by atoms with Crippen molar-refractivity contribution in [3.8, 4) is 5.88 Å². The highest BCUT2D eigenvalue weighted by molar-refractivity contribution is 5.94. The van der Waals surface area contributed by atoms with Gasteiger partial charge < -0.3 is 19.9 Å². The van der Waals surface area contributed by atoms with Crippen LogP contribution in [0.4, 0.5) is 0 Å². The largest absolute Gasteiger partial charge is 0.481 e. The lowest BCUT2D eigenvalue weighted by atomic mass is 9.99. The fourth-order valence-corrected chi connectivity index (χ4v) is 2.32. The highest BCUT2D eigenvalue weighted by Crippen LogP contribution is 2.11. The number of aliphatic carboxylic acids is 1. The molecule has 7 nitrogen and oxygen atoms in total. The molecule has 1 aromatic heterocycles. The molecule has 138 valence electrons. The Morgan fingerprint density at radius 2 is 1.96 bits per heavy atom. The summed E-state index contributed by atoms with van der Waals surface area (Å²) in [6, 6.07) is 12.4. The minimum atomic E-state index is -0.951. The molecular weight excluding hydrogens is 336 g/mol. The Bertz CT molecular complexity index is 721. The van der Waals surface area contributed by atoms with E-state index in [-0.39, 0.29) is 12.5 Å². The Morgan fingerprint density at radius 1 is 1.19 bits per heavy atom. The highest BCUT2D eigenvalue weighted by Gasteiger charge is 2.19. The second kappa shape index (κ2) is 10.1. The highest BCUT2D eigenvalue weighted by atomic mass is 16.5. The van der Waals surface area contributed by atoms with Crippen molar-refractivity contribution in [3.63, 3.8) is 0 Å². The molecule has 0 fully saturated rings. The van der Waals surface area contributed by atoms with Gasteiger partial charge in [0, 0.05) is 31.5 Å². The third kappa shape index (κ3) is 6.18. The van der Waals surface area contributed by atoms with Crippen LogP contribution in [0.2, 0.25) is 0 Å². The number of aromatic nitrogens is 1. The lowest BCUT2D eigenvalue weighted by Gasteiger charge is -2.14. The molecule has 0 aliphatic rings. The predicted octanol–water partition coefficient (Wildman–Crippen LogP) is 1.78. The first-order valence-corrected chi connectivity index (χ1v) is 8.23. The smallest absolute Gasteiger partial charge is 0.308 e. The van der Waals surface area contributed by atoms with Gasteiger partial charge in [-0.1, -0.05) is 30.3 Å². The van der Waals surface area contributed by atoms with Gasteiger partial charge in [-0.2, -0.15) is 0 Å². The van der Waals surface area contributed by atoms with Gasteiger partial charge in [0.05, 0.1) is 12.5 Å². The number of hydrogen-bond donors (Lipinski definition) is 2. The van der Waals surface area contributed by atoms with Gasteiger partial charge in [0.25, 0.3) is 5.91 Å². The molecular formula is C19H22N2O5. The Morgan fingerprint density at radius 3 is 2.65 bits per heavy atom. The van der Waals surface area contributed by atoms with Gasteiger partial charge in [-0.15, -0.1) is 0 Å². The van der Waals surface area contributed by atoms with Crippen LogP contribution in [0.3, 0.4) is 0 Å². The van der Waals surface area contributed by atoms with Crippen LogP contribution in [-0.2, 0) is 16.0 Å². The number of pyridine rings is 1. The number of carbonyl (C=O) groups excluding carboxylic acids is 1. The molecule has 0 saturated carbocycles. The number of hydrogen-bond acceptors (Lipinski definition) is 5. The topological polar surface area (TPSA) is 97.8 Å². The molecule has 0 saturated heterocycles. The number of methoxy groups -OCH3 is 1. The van der Waals surface area contributed by atoms with Crippen molar-refractivity contribution < 1.29 is 24.2 Å². The molecule has 0 spiro atoms. The monoisotopic (exact) mass is 358 g/mol. The van der Waals surface area contributed by atoms with E-state index >= 15 is 0 Å². The van der Waals surface area contributed by atoms with E-state index in [0.29, 0.717) is 31.1 Å². The molecule has 1 unspecified atom stereocenters. The summed E-state index contributed by atoms with van der Waals surface area (Å²) in [4.78, 5) is 27.8. The number of rotatable bonds is 10. The number of carbonyl (C=O) groups is 2. The van der Waals surface area contributed by atoms with E-state index in [1.54, 1.807) is 13.2 Å². The summed E-state index contributed by atoms with van der Waals surface area (Å²) in [7, 11) is 1.56. The minimum Gasteiger partial charge on any atom is -0.481 e. The average Bonchev–Trinajstić information content (AvgIpc) is 2.66. The van der Waals surface area contributed by atoms with Gasteiger partial charge in [0.2, 0.25) is 5.88 Å². The van der Waals surface area contributed by atoms with Gasteiger partial charge in [0.1, 0.15) is 6.61 Å². The maximum Gasteiger partial charge on any atom is 0.308 e. The summed E-state index contributed by atoms with van der Waals surface area (Å²) in [5.74, 6) is -1.72. The average molecular weight is 358 g/mol. The zero-order valence-electron chi connectivity index (χ0n) is 14.6. The number of nitrogens with one attached hydrogen (secondary N) is 1. The zero-order chi connectivity index (χ0) is 18.8. The first kappa shape index (κ1) is 19.4. The summed E-state index contributed by atoms with van der Waals surface area (Å²) in [5, 5.41) is 12.1. The number of amides is 1. The molecule has 2 rings (SSSR count). The normalized spacial score (nSPS) is 11.6. The van der Waals surface area contributed by atoms with Crippen LogP contribution in [0, 0.1) is 5.92 Å². The molecule has 2 N–H and O–H groups in total. The molecule has 1 atom stereocenters. The molecule has 0 aliphatic carbocycles. The number of carboxylic acid groups (broad SMARTS) is 1. The van der Waals surface area contributed by atoms with Crippen molar-refractivity contribution in [1.29, 1.82) is 0 Å². The second-order valence-electron chi connectivity index (χ2n) is 5.66. The fraction of sp³-hybridized carbons (Fsp3) is 0.316. The minimum absolute atomic E-state index is 0.0330. The van der Waals surface area contributed by atoms with Crippen LogP contribution >= 0.6 is 0 Å². The number of ether oxygens (including phenoxy) is 2. The molecule has 1 amide bonds. The number of benzene rings is 1. The quantitative estimate of drug-likeness (QED) is 0.628. The molecule has 1 heterocycles. The molecule has 7 heteroatoms. The van der Waals surface area contributed by atoms with Crippen molar-refractivity contribution in [2.45, 2.75) is 6.42 Å². The van der Waals surface area contributed by atoms with Crippen molar-refractivity contribution in [1.82, 2.24) is 10.3 Å². The molecule has 0 bridgehead atoms. The molecule has 0 radical (unpaired) electrons.